The summed E-state index contributed by atoms with van der Waals surface area (Å²) in [7, 11) is 3.23. The summed E-state index contributed by atoms with van der Waals surface area (Å²) in [4.78, 5) is 12.7. The van der Waals surface area contributed by atoms with Gasteiger partial charge in [0.05, 0.1) is 31.6 Å². The zero-order valence-electron chi connectivity index (χ0n) is 16.2. The van der Waals surface area contributed by atoms with Crippen LogP contribution in [-0.4, -0.2) is 47.1 Å². The molecule has 1 heterocycles. The molecule has 7 heteroatoms. The minimum Gasteiger partial charge on any atom is -0.496 e. The number of ether oxygens (including phenoxy) is 2. The molecule has 2 aromatic carbocycles. The molecule has 0 bridgehead atoms. The Bertz CT molecular complexity index is 956. The fraction of sp³-hybridized carbons (Fsp3) is 0.286. The van der Waals surface area contributed by atoms with Crippen LogP contribution in [0.3, 0.4) is 0 Å². The zero-order valence-corrected chi connectivity index (χ0v) is 17.0. The van der Waals surface area contributed by atoms with Gasteiger partial charge in [-0.05, 0) is 25.1 Å². The van der Waals surface area contributed by atoms with Gasteiger partial charge in [-0.25, -0.2) is 0 Å². The molecule has 6 nitrogen and oxygen atoms in total. The Morgan fingerprint density at radius 1 is 1.11 bits per heavy atom. The molecule has 28 heavy (non-hydrogen) atoms. The van der Waals surface area contributed by atoms with Crippen molar-refractivity contribution in [2.75, 3.05) is 26.6 Å². The molecule has 0 saturated heterocycles. The van der Waals surface area contributed by atoms with Crippen LogP contribution in [0.5, 0.6) is 5.75 Å². The molecule has 0 amide bonds. The first-order valence-electron chi connectivity index (χ1n) is 8.92. The number of aromatic nitrogens is 3. The molecule has 0 N–H and O–H groups in total. The zero-order chi connectivity index (χ0) is 19.9. The van der Waals surface area contributed by atoms with Gasteiger partial charge >= 0.3 is 0 Å². The number of ketones is 1. The second-order valence-electron chi connectivity index (χ2n) is 6.23. The quantitative estimate of drug-likeness (QED) is 0.403. The number of hydrogen-bond donors (Lipinski definition) is 0. The Balaban J connectivity index is 1.82. The van der Waals surface area contributed by atoms with Crippen molar-refractivity contribution in [1.29, 1.82) is 0 Å². The molecule has 3 aromatic rings. The minimum absolute atomic E-state index is 0.0131. The Morgan fingerprint density at radius 3 is 2.68 bits per heavy atom. The van der Waals surface area contributed by atoms with Crippen molar-refractivity contribution in [3.8, 4) is 17.1 Å². The molecule has 0 unspecified atom stereocenters. The lowest BCUT2D eigenvalue weighted by atomic mass is 10.1. The standard InChI is InChI=1S/C21H23N3O3S/c1-15-7-6-8-16(13-15)20-22-23-21(24(20)11-12-26-2)28-14-18(25)17-9-4-5-10-19(17)27-3/h4-10,13H,11-12,14H2,1-3H3. The highest BCUT2D eigenvalue weighted by molar-refractivity contribution is 7.99. The molecule has 3 rings (SSSR count). The van der Waals surface area contributed by atoms with Gasteiger partial charge in [0.15, 0.2) is 16.8 Å². The van der Waals surface area contributed by atoms with Crippen LogP contribution in [0.2, 0.25) is 0 Å². The van der Waals surface area contributed by atoms with Gasteiger partial charge < -0.3 is 9.47 Å². The smallest absolute Gasteiger partial charge is 0.192 e. The van der Waals surface area contributed by atoms with Crippen LogP contribution in [0, 0.1) is 6.92 Å². The second kappa shape index (κ2) is 9.52. The van der Waals surface area contributed by atoms with Crippen LogP contribution in [0.25, 0.3) is 11.4 Å². The molecule has 0 saturated carbocycles. The first-order chi connectivity index (χ1) is 13.6. The monoisotopic (exact) mass is 397 g/mol. The van der Waals surface area contributed by atoms with Gasteiger partial charge in [0.25, 0.3) is 0 Å². The number of carbonyl (C=O) groups is 1. The molecule has 0 atom stereocenters. The lowest BCUT2D eigenvalue weighted by molar-refractivity contribution is 0.101. The summed E-state index contributed by atoms with van der Waals surface area (Å²) in [6.45, 7) is 3.18. The van der Waals surface area contributed by atoms with Crippen molar-refractivity contribution in [2.24, 2.45) is 0 Å². The van der Waals surface area contributed by atoms with Crippen molar-refractivity contribution in [1.82, 2.24) is 14.8 Å². The van der Waals surface area contributed by atoms with Crippen molar-refractivity contribution >= 4 is 17.5 Å². The summed E-state index contributed by atoms with van der Waals surface area (Å²) >= 11 is 1.37. The van der Waals surface area contributed by atoms with E-state index >= 15 is 0 Å². The Hall–Kier alpha value is -2.64. The number of para-hydroxylation sites is 1. The predicted octanol–water partition coefficient (Wildman–Crippen LogP) is 3.88. The van der Waals surface area contributed by atoms with Crippen molar-refractivity contribution in [2.45, 2.75) is 18.6 Å². The molecule has 0 fully saturated rings. The van der Waals surface area contributed by atoms with Crippen molar-refractivity contribution in [3.05, 3.63) is 59.7 Å². The molecule has 0 aliphatic heterocycles. The fourth-order valence-electron chi connectivity index (χ4n) is 2.86. The van der Waals surface area contributed by atoms with E-state index in [0.717, 1.165) is 17.0 Å². The number of methoxy groups -OCH3 is 2. The SMILES string of the molecule is COCCn1c(SCC(=O)c2ccccc2OC)nnc1-c1cccc(C)c1. The highest BCUT2D eigenvalue weighted by atomic mass is 32.2. The van der Waals surface area contributed by atoms with Gasteiger partial charge in [-0.1, -0.05) is 47.7 Å². The molecular weight excluding hydrogens is 374 g/mol. The Labute approximate surface area is 168 Å². The topological polar surface area (TPSA) is 66.2 Å². The summed E-state index contributed by atoms with van der Waals surface area (Å²) in [5.41, 5.74) is 2.71. The lowest BCUT2D eigenvalue weighted by Crippen LogP contribution is -2.09. The second-order valence-corrected chi connectivity index (χ2v) is 7.17. The van der Waals surface area contributed by atoms with Crippen molar-refractivity contribution in [3.63, 3.8) is 0 Å². The van der Waals surface area contributed by atoms with Crippen LogP contribution in [0.1, 0.15) is 15.9 Å². The third-order valence-corrected chi connectivity index (χ3v) is 5.22. The van der Waals surface area contributed by atoms with Crippen molar-refractivity contribution < 1.29 is 14.3 Å². The van der Waals surface area contributed by atoms with Gasteiger partial charge in [-0.2, -0.15) is 0 Å². The van der Waals surface area contributed by atoms with Gasteiger partial charge in [0.1, 0.15) is 5.75 Å². The van der Waals surface area contributed by atoms with E-state index in [1.54, 1.807) is 26.4 Å². The van der Waals surface area contributed by atoms with E-state index in [2.05, 4.69) is 16.3 Å². The number of rotatable bonds is 9. The number of nitrogens with zero attached hydrogens (tertiary/aromatic N) is 3. The van der Waals surface area contributed by atoms with E-state index < -0.39 is 0 Å². The Kier molecular flexibility index (Phi) is 6.84. The van der Waals surface area contributed by atoms with Gasteiger partial charge in [0.2, 0.25) is 0 Å². The minimum atomic E-state index is -0.0131. The average Bonchev–Trinajstić information content (AvgIpc) is 3.13. The number of Topliss-reactive ketones (excluding diaryl/α,β-unsaturated/α-hetero) is 1. The van der Waals surface area contributed by atoms with E-state index in [1.807, 2.05) is 41.8 Å². The van der Waals surface area contributed by atoms with E-state index in [1.165, 1.54) is 11.8 Å². The van der Waals surface area contributed by atoms with E-state index in [9.17, 15) is 4.79 Å². The third kappa shape index (κ3) is 4.61. The van der Waals surface area contributed by atoms with E-state index in [0.29, 0.717) is 29.6 Å². The predicted molar refractivity (Wildman–Crippen MR) is 110 cm³/mol. The number of aryl methyl sites for hydroxylation is 1. The largest absolute Gasteiger partial charge is 0.496 e. The summed E-state index contributed by atoms with van der Waals surface area (Å²) in [5, 5.41) is 9.38. The molecule has 146 valence electrons. The Morgan fingerprint density at radius 2 is 1.93 bits per heavy atom. The summed E-state index contributed by atoms with van der Waals surface area (Å²) in [5.74, 6) is 1.59. The molecule has 0 spiro atoms. The average molecular weight is 398 g/mol. The van der Waals surface area contributed by atoms with E-state index in [4.69, 9.17) is 9.47 Å². The van der Waals surface area contributed by atoms with Gasteiger partial charge in [-0.15, -0.1) is 10.2 Å². The maximum atomic E-state index is 12.7. The van der Waals surface area contributed by atoms with Crippen LogP contribution >= 0.6 is 11.8 Å². The molecular formula is C21H23N3O3S. The normalized spacial score (nSPS) is 10.8. The van der Waals surface area contributed by atoms with Gasteiger partial charge in [-0.3, -0.25) is 9.36 Å². The van der Waals surface area contributed by atoms with Crippen LogP contribution in [0.4, 0.5) is 0 Å². The fourth-order valence-corrected chi connectivity index (χ4v) is 3.71. The first kappa shape index (κ1) is 20.1. The number of benzene rings is 2. The van der Waals surface area contributed by atoms with Crippen LogP contribution < -0.4 is 4.74 Å². The van der Waals surface area contributed by atoms with E-state index in [-0.39, 0.29) is 11.5 Å². The van der Waals surface area contributed by atoms with Crippen LogP contribution in [0.15, 0.2) is 53.7 Å². The number of carbonyl (C=O) groups excluding carboxylic acids is 1. The lowest BCUT2D eigenvalue weighted by Gasteiger charge is -2.10. The number of hydrogen-bond acceptors (Lipinski definition) is 6. The summed E-state index contributed by atoms with van der Waals surface area (Å²) in [6, 6.07) is 15.4. The number of thioether (sulfide) groups is 1. The molecule has 1 aromatic heterocycles. The molecule has 0 aliphatic carbocycles. The summed E-state index contributed by atoms with van der Waals surface area (Å²) in [6.07, 6.45) is 0. The third-order valence-electron chi connectivity index (χ3n) is 4.25. The first-order valence-corrected chi connectivity index (χ1v) is 9.90. The van der Waals surface area contributed by atoms with Crippen LogP contribution in [-0.2, 0) is 11.3 Å². The molecule has 0 aliphatic rings. The maximum absolute atomic E-state index is 12.7. The van der Waals surface area contributed by atoms with Gasteiger partial charge in [0, 0.05) is 12.7 Å². The molecule has 0 radical (unpaired) electrons. The highest BCUT2D eigenvalue weighted by Crippen LogP contribution is 2.26. The highest BCUT2D eigenvalue weighted by Gasteiger charge is 2.17. The maximum Gasteiger partial charge on any atom is 0.192 e. The summed E-state index contributed by atoms with van der Waals surface area (Å²) < 4.78 is 12.5.